The van der Waals surface area contributed by atoms with Gasteiger partial charge in [-0.05, 0) is 25.8 Å². The Kier molecular flexibility index (Phi) is 5.80. The van der Waals surface area contributed by atoms with Crippen LogP contribution in [0.3, 0.4) is 0 Å². The topological polar surface area (TPSA) is 92.8 Å². The normalized spacial score (nSPS) is 14.8. The van der Waals surface area contributed by atoms with Crippen LogP contribution in [0.5, 0.6) is 0 Å². The summed E-state index contributed by atoms with van der Waals surface area (Å²) in [4.78, 5) is 7.65. The lowest BCUT2D eigenvalue weighted by molar-refractivity contribution is 0.0429. The van der Waals surface area contributed by atoms with Gasteiger partial charge in [0.05, 0.1) is 6.20 Å². The number of aliphatic hydroxyl groups is 1. The van der Waals surface area contributed by atoms with Crippen LogP contribution in [0.25, 0.3) is 33.4 Å². The molecule has 0 fully saturated rings. The Morgan fingerprint density at radius 3 is 2.75 bits per heavy atom. The van der Waals surface area contributed by atoms with Crippen molar-refractivity contribution in [1.82, 2.24) is 24.9 Å². The van der Waals surface area contributed by atoms with Crippen LogP contribution in [0.1, 0.15) is 39.4 Å². The Labute approximate surface area is 185 Å². The molecule has 166 valence electrons. The van der Waals surface area contributed by atoms with E-state index in [9.17, 15) is 9.50 Å². The first kappa shape index (κ1) is 21.7. The summed E-state index contributed by atoms with van der Waals surface area (Å²) in [5.41, 5.74) is 2.44. The smallest absolute Gasteiger partial charge is 0.173 e. The molecule has 0 aliphatic heterocycles. The van der Waals surface area contributed by atoms with Crippen LogP contribution in [0.4, 0.5) is 4.39 Å². The maximum atomic E-state index is 14.6. The standard InChI is InChI=1S/C24H26FN5O2/c1-5-8-19(20(25)6-2)24(31,7-3)22-10-21(29-32-22)18-13-27-23-17(18)9-15(11-26-23)16-12-28-30(4)14-16/h5,8-14,31H,6-7H2,1-4H3,(H,26,27). The molecule has 0 amide bonds. The first-order chi connectivity index (χ1) is 15.4. The number of rotatable bonds is 7. The Morgan fingerprint density at radius 1 is 1.28 bits per heavy atom. The molecule has 4 heterocycles. The fraction of sp³-hybridized carbons (Fsp3) is 0.292. The minimum absolute atomic E-state index is 0.175. The summed E-state index contributed by atoms with van der Waals surface area (Å²) in [5.74, 6) is -0.194. The van der Waals surface area contributed by atoms with Crippen LogP contribution in [-0.4, -0.2) is 30.0 Å². The predicted molar refractivity (Wildman–Crippen MR) is 121 cm³/mol. The fourth-order valence-corrected chi connectivity index (χ4v) is 3.85. The highest BCUT2D eigenvalue weighted by Crippen LogP contribution is 2.39. The number of halogens is 1. The zero-order valence-corrected chi connectivity index (χ0v) is 18.6. The SMILES string of the molecule is CC=CC(=C(F)CC)C(O)(CC)c1cc(-c2c[nH]c3ncc(-c4cnn(C)c4)cc23)no1. The van der Waals surface area contributed by atoms with Gasteiger partial charge in [0.25, 0.3) is 0 Å². The van der Waals surface area contributed by atoms with E-state index in [0.29, 0.717) is 11.3 Å². The van der Waals surface area contributed by atoms with Gasteiger partial charge in [0, 0.05) is 59.4 Å². The van der Waals surface area contributed by atoms with E-state index in [0.717, 1.165) is 22.1 Å². The maximum absolute atomic E-state index is 14.6. The molecule has 0 radical (unpaired) electrons. The number of fused-ring (bicyclic) bond motifs is 1. The van der Waals surface area contributed by atoms with Crippen molar-refractivity contribution in [3.8, 4) is 22.4 Å². The van der Waals surface area contributed by atoms with Gasteiger partial charge >= 0.3 is 0 Å². The van der Waals surface area contributed by atoms with Crippen molar-refractivity contribution in [3.05, 3.63) is 66.2 Å². The molecule has 1 atom stereocenters. The number of hydrogen-bond acceptors (Lipinski definition) is 5. The third-order valence-corrected chi connectivity index (χ3v) is 5.66. The molecule has 1 unspecified atom stereocenters. The van der Waals surface area contributed by atoms with Crippen LogP contribution in [-0.2, 0) is 12.6 Å². The molecule has 8 heteroatoms. The second-order valence-corrected chi connectivity index (χ2v) is 7.69. The number of aromatic nitrogens is 5. The molecule has 0 aromatic carbocycles. The summed E-state index contributed by atoms with van der Waals surface area (Å²) in [6.45, 7) is 5.27. The highest BCUT2D eigenvalue weighted by molar-refractivity contribution is 5.94. The second-order valence-electron chi connectivity index (χ2n) is 7.69. The number of nitrogens with zero attached hydrogens (tertiary/aromatic N) is 4. The molecule has 4 rings (SSSR count). The Balaban J connectivity index is 1.79. The summed E-state index contributed by atoms with van der Waals surface area (Å²) in [6.07, 6.45) is 11.0. The van der Waals surface area contributed by atoms with E-state index in [1.54, 1.807) is 62.3 Å². The van der Waals surface area contributed by atoms with Crippen molar-refractivity contribution in [3.63, 3.8) is 0 Å². The summed E-state index contributed by atoms with van der Waals surface area (Å²) in [5, 5.41) is 20.7. The minimum Gasteiger partial charge on any atom is -0.377 e. The van der Waals surface area contributed by atoms with Gasteiger partial charge in [0.1, 0.15) is 17.2 Å². The van der Waals surface area contributed by atoms with Gasteiger partial charge in [-0.25, -0.2) is 9.37 Å². The zero-order valence-electron chi connectivity index (χ0n) is 18.6. The van der Waals surface area contributed by atoms with Crippen molar-refractivity contribution in [2.75, 3.05) is 0 Å². The average Bonchev–Trinajstić information content (AvgIpc) is 3.55. The zero-order chi connectivity index (χ0) is 22.9. The first-order valence-corrected chi connectivity index (χ1v) is 10.6. The lowest BCUT2D eigenvalue weighted by Crippen LogP contribution is -2.27. The van der Waals surface area contributed by atoms with Crippen LogP contribution >= 0.6 is 0 Å². The lowest BCUT2D eigenvalue weighted by Gasteiger charge is -2.25. The van der Waals surface area contributed by atoms with Crippen molar-refractivity contribution in [1.29, 1.82) is 0 Å². The van der Waals surface area contributed by atoms with Gasteiger partial charge in [0.2, 0.25) is 0 Å². The van der Waals surface area contributed by atoms with Gasteiger partial charge in [-0.2, -0.15) is 5.10 Å². The van der Waals surface area contributed by atoms with E-state index in [-0.39, 0.29) is 30.0 Å². The number of aromatic amines is 1. The summed E-state index contributed by atoms with van der Waals surface area (Å²) < 4.78 is 21.9. The van der Waals surface area contributed by atoms with Crippen molar-refractivity contribution in [2.45, 2.75) is 39.2 Å². The number of hydrogen-bond donors (Lipinski definition) is 2. The highest BCUT2D eigenvalue weighted by atomic mass is 19.1. The van der Waals surface area contributed by atoms with Crippen LogP contribution in [0.15, 0.2) is 65.0 Å². The Hall–Kier alpha value is -3.52. The fourth-order valence-electron chi connectivity index (χ4n) is 3.85. The van der Waals surface area contributed by atoms with E-state index >= 15 is 0 Å². The third kappa shape index (κ3) is 3.67. The quantitative estimate of drug-likeness (QED) is 0.378. The molecule has 4 aromatic heterocycles. The van der Waals surface area contributed by atoms with E-state index in [1.165, 1.54) is 0 Å². The number of pyridine rings is 1. The largest absolute Gasteiger partial charge is 0.377 e. The Bertz CT molecular complexity index is 1310. The third-order valence-electron chi connectivity index (χ3n) is 5.66. The molecule has 0 saturated heterocycles. The molecule has 32 heavy (non-hydrogen) atoms. The molecule has 0 aliphatic carbocycles. The Morgan fingerprint density at radius 2 is 2.09 bits per heavy atom. The molecule has 0 spiro atoms. The van der Waals surface area contributed by atoms with Gasteiger partial charge in [-0.15, -0.1) is 0 Å². The maximum Gasteiger partial charge on any atom is 0.173 e. The number of aryl methyl sites for hydroxylation is 1. The van der Waals surface area contributed by atoms with Gasteiger partial charge < -0.3 is 14.6 Å². The monoisotopic (exact) mass is 435 g/mol. The number of nitrogens with one attached hydrogen (secondary N) is 1. The van der Waals surface area contributed by atoms with E-state index in [2.05, 4.69) is 20.2 Å². The van der Waals surface area contributed by atoms with E-state index in [4.69, 9.17) is 4.52 Å². The van der Waals surface area contributed by atoms with E-state index in [1.807, 2.05) is 19.3 Å². The second kappa shape index (κ2) is 8.55. The number of H-pyrrole nitrogens is 1. The average molecular weight is 436 g/mol. The van der Waals surface area contributed by atoms with Crippen molar-refractivity contribution < 1.29 is 14.0 Å². The molecule has 2 N–H and O–H groups in total. The van der Waals surface area contributed by atoms with Gasteiger partial charge in [-0.1, -0.05) is 31.2 Å². The molecular formula is C24H26FN5O2. The predicted octanol–water partition coefficient (Wildman–Crippen LogP) is 5.43. The minimum atomic E-state index is -1.62. The van der Waals surface area contributed by atoms with Crippen LogP contribution in [0.2, 0.25) is 0 Å². The van der Waals surface area contributed by atoms with Crippen molar-refractivity contribution >= 4 is 11.0 Å². The van der Waals surface area contributed by atoms with Gasteiger partial charge in [0.15, 0.2) is 11.4 Å². The molecular weight excluding hydrogens is 409 g/mol. The summed E-state index contributed by atoms with van der Waals surface area (Å²) in [7, 11) is 1.86. The number of allylic oxidation sites excluding steroid dienone is 2. The molecule has 0 bridgehead atoms. The van der Waals surface area contributed by atoms with Gasteiger partial charge in [-0.3, -0.25) is 4.68 Å². The molecule has 4 aromatic rings. The first-order valence-electron chi connectivity index (χ1n) is 10.6. The molecule has 7 nitrogen and oxygen atoms in total. The van der Waals surface area contributed by atoms with Crippen LogP contribution in [0, 0.1) is 0 Å². The van der Waals surface area contributed by atoms with E-state index < -0.39 is 5.60 Å². The molecule has 0 saturated carbocycles. The molecule has 0 aliphatic rings. The van der Waals surface area contributed by atoms with Crippen LogP contribution < -0.4 is 0 Å². The summed E-state index contributed by atoms with van der Waals surface area (Å²) >= 11 is 0. The lowest BCUT2D eigenvalue weighted by atomic mass is 9.86. The highest BCUT2D eigenvalue weighted by Gasteiger charge is 2.37. The van der Waals surface area contributed by atoms with Crippen molar-refractivity contribution in [2.24, 2.45) is 7.05 Å². The summed E-state index contributed by atoms with van der Waals surface area (Å²) in [6, 6.07) is 3.67.